The summed E-state index contributed by atoms with van der Waals surface area (Å²) < 4.78 is 5.26. The SMILES string of the molecule is COc1cc(NC(C)(C)C)ccc1C. The van der Waals surface area contributed by atoms with Crippen LogP contribution in [-0.2, 0) is 0 Å². The summed E-state index contributed by atoms with van der Waals surface area (Å²) in [5.41, 5.74) is 2.34. The highest BCUT2D eigenvalue weighted by Gasteiger charge is 2.09. The van der Waals surface area contributed by atoms with Crippen LogP contribution in [0.15, 0.2) is 18.2 Å². The Kier molecular flexibility index (Phi) is 3.04. The smallest absolute Gasteiger partial charge is 0.123 e. The maximum Gasteiger partial charge on any atom is 0.123 e. The summed E-state index contributed by atoms with van der Waals surface area (Å²) in [6.45, 7) is 8.46. The minimum Gasteiger partial charge on any atom is -0.496 e. The minimum atomic E-state index is 0.0836. The second-order valence-electron chi connectivity index (χ2n) is 4.56. The standard InChI is InChI=1S/C12H19NO/c1-9-6-7-10(8-11(9)14-5)13-12(2,3)4/h6-8,13H,1-5H3. The van der Waals surface area contributed by atoms with Gasteiger partial charge in [0.15, 0.2) is 0 Å². The molecule has 1 aromatic carbocycles. The molecule has 0 spiro atoms. The van der Waals surface area contributed by atoms with Gasteiger partial charge in [0.25, 0.3) is 0 Å². The van der Waals surface area contributed by atoms with Crippen molar-refractivity contribution in [3.63, 3.8) is 0 Å². The Morgan fingerprint density at radius 3 is 2.36 bits per heavy atom. The highest BCUT2D eigenvalue weighted by molar-refractivity contribution is 5.52. The number of aryl methyl sites for hydroxylation is 1. The Bertz CT molecular complexity index is 313. The summed E-state index contributed by atoms with van der Waals surface area (Å²) in [5.74, 6) is 0.930. The first-order valence-corrected chi connectivity index (χ1v) is 4.85. The van der Waals surface area contributed by atoms with Crippen LogP contribution < -0.4 is 10.1 Å². The minimum absolute atomic E-state index is 0.0836. The van der Waals surface area contributed by atoms with Crippen molar-refractivity contribution in [2.75, 3.05) is 12.4 Å². The van der Waals surface area contributed by atoms with E-state index in [1.165, 1.54) is 0 Å². The zero-order valence-electron chi connectivity index (χ0n) is 9.64. The Balaban J connectivity index is 2.90. The van der Waals surface area contributed by atoms with Crippen LogP contribution in [-0.4, -0.2) is 12.6 Å². The van der Waals surface area contributed by atoms with Gasteiger partial charge in [0.1, 0.15) is 5.75 Å². The molecule has 0 radical (unpaired) electrons. The summed E-state index contributed by atoms with van der Waals surface area (Å²) in [6.07, 6.45) is 0. The molecule has 0 aliphatic heterocycles. The normalized spacial score (nSPS) is 11.2. The number of methoxy groups -OCH3 is 1. The van der Waals surface area contributed by atoms with Gasteiger partial charge in [-0.2, -0.15) is 0 Å². The molecule has 0 amide bonds. The summed E-state index contributed by atoms with van der Waals surface area (Å²) in [7, 11) is 1.70. The van der Waals surface area contributed by atoms with E-state index < -0.39 is 0 Å². The first-order valence-electron chi connectivity index (χ1n) is 4.85. The van der Waals surface area contributed by atoms with Crippen molar-refractivity contribution in [2.24, 2.45) is 0 Å². The molecule has 0 fully saturated rings. The number of hydrogen-bond acceptors (Lipinski definition) is 2. The van der Waals surface area contributed by atoms with Gasteiger partial charge in [-0.3, -0.25) is 0 Å². The molecule has 1 N–H and O–H groups in total. The van der Waals surface area contributed by atoms with Crippen molar-refractivity contribution in [2.45, 2.75) is 33.2 Å². The molecule has 0 bridgehead atoms. The van der Waals surface area contributed by atoms with E-state index in [1.807, 2.05) is 13.0 Å². The zero-order valence-corrected chi connectivity index (χ0v) is 9.64. The van der Waals surface area contributed by atoms with Crippen LogP contribution in [0.1, 0.15) is 26.3 Å². The molecule has 0 aromatic heterocycles. The van der Waals surface area contributed by atoms with E-state index in [1.54, 1.807) is 7.11 Å². The molecule has 1 aromatic rings. The van der Waals surface area contributed by atoms with Crippen LogP contribution in [0, 0.1) is 6.92 Å². The molecule has 0 aliphatic carbocycles. The number of rotatable bonds is 2. The van der Waals surface area contributed by atoms with Crippen LogP contribution in [0.25, 0.3) is 0 Å². The molecule has 0 heterocycles. The van der Waals surface area contributed by atoms with Gasteiger partial charge in [-0.25, -0.2) is 0 Å². The van der Waals surface area contributed by atoms with E-state index >= 15 is 0 Å². The van der Waals surface area contributed by atoms with Crippen LogP contribution >= 0.6 is 0 Å². The summed E-state index contributed by atoms with van der Waals surface area (Å²) in [5, 5.41) is 3.40. The van der Waals surface area contributed by atoms with Gasteiger partial charge in [0.2, 0.25) is 0 Å². The first kappa shape index (κ1) is 10.9. The van der Waals surface area contributed by atoms with Gasteiger partial charge in [-0.1, -0.05) is 6.07 Å². The molecule has 1 rings (SSSR count). The van der Waals surface area contributed by atoms with E-state index in [4.69, 9.17) is 4.74 Å². The van der Waals surface area contributed by atoms with Crippen molar-refractivity contribution in [3.8, 4) is 5.75 Å². The molecule has 2 heteroatoms. The number of anilines is 1. The lowest BCUT2D eigenvalue weighted by Gasteiger charge is -2.22. The fourth-order valence-corrected chi connectivity index (χ4v) is 1.33. The van der Waals surface area contributed by atoms with Crippen LogP contribution in [0.5, 0.6) is 5.75 Å². The van der Waals surface area contributed by atoms with Crippen LogP contribution in [0.4, 0.5) is 5.69 Å². The predicted molar refractivity (Wildman–Crippen MR) is 61.1 cm³/mol. The van der Waals surface area contributed by atoms with Crippen LogP contribution in [0.2, 0.25) is 0 Å². The fraction of sp³-hybridized carbons (Fsp3) is 0.500. The van der Waals surface area contributed by atoms with Gasteiger partial charge in [-0.15, -0.1) is 0 Å². The highest BCUT2D eigenvalue weighted by Crippen LogP contribution is 2.24. The third-order valence-corrected chi connectivity index (χ3v) is 1.93. The molecular formula is C12H19NO. The lowest BCUT2D eigenvalue weighted by atomic mass is 10.1. The van der Waals surface area contributed by atoms with E-state index in [0.29, 0.717) is 0 Å². The third kappa shape index (κ3) is 2.95. The van der Waals surface area contributed by atoms with Gasteiger partial charge in [-0.05, 0) is 39.3 Å². The molecular weight excluding hydrogens is 174 g/mol. The monoisotopic (exact) mass is 193 g/mol. The van der Waals surface area contributed by atoms with E-state index in [0.717, 1.165) is 17.0 Å². The Morgan fingerprint density at radius 2 is 1.86 bits per heavy atom. The molecule has 2 nitrogen and oxygen atoms in total. The summed E-state index contributed by atoms with van der Waals surface area (Å²) in [6, 6.07) is 6.16. The summed E-state index contributed by atoms with van der Waals surface area (Å²) >= 11 is 0. The predicted octanol–water partition coefficient (Wildman–Crippen LogP) is 3.21. The third-order valence-electron chi connectivity index (χ3n) is 1.93. The molecule has 0 saturated carbocycles. The first-order chi connectivity index (χ1) is 6.42. The topological polar surface area (TPSA) is 21.3 Å². The maximum atomic E-state index is 5.26. The highest BCUT2D eigenvalue weighted by atomic mass is 16.5. The largest absolute Gasteiger partial charge is 0.496 e. The number of ether oxygens (including phenoxy) is 1. The van der Waals surface area contributed by atoms with E-state index in [9.17, 15) is 0 Å². The van der Waals surface area contributed by atoms with Gasteiger partial charge in [0, 0.05) is 17.3 Å². The van der Waals surface area contributed by atoms with E-state index in [-0.39, 0.29) is 5.54 Å². The van der Waals surface area contributed by atoms with Gasteiger partial charge < -0.3 is 10.1 Å². The lowest BCUT2D eigenvalue weighted by Crippen LogP contribution is -2.25. The Hall–Kier alpha value is -1.18. The van der Waals surface area contributed by atoms with Crippen molar-refractivity contribution in [1.82, 2.24) is 0 Å². The van der Waals surface area contributed by atoms with Crippen molar-refractivity contribution in [1.29, 1.82) is 0 Å². The van der Waals surface area contributed by atoms with Crippen molar-refractivity contribution < 1.29 is 4.74 Å². The molecule has 0 atom stereocenters. The quantitative estimate of drug-likeness (QED) is 0.778. The molecule has 0 unspecified atom stereocenters. The average molecular weight is 193 g/mol. The van der Waals surface area contributed by atoms with Crippen molar-refractivity contribution in [3.05, 3.63) is 23.8 Å². The fourth-order valence-electron chi connectivity index (χ4n) is 1.33. The molecule has 78 valence electrons. The van der Waals surface area contributed by atoms with Gasteiger partial charge in [0.05, 0.1) is 7.11 Å². The summed E-state index contributed by atoms with van der Waals surface area (Å²) in [4.78, 5) is 0. The Morgan fingerprint density at radius 1 is 1.21 bits per heavy atom. The second kappa shape index (κ2) is 3.91. The number of nitrogens with one attached hydrogen (secondary N) is 1. The molecule has 0 saturated heterocycles. The van der Waals surface area contributed by atoms with Gasteiger partial charge >= 0.3 is 0 Å². The van der Waals surface area contributed by atoms with Crippen LogP contribution in [0.3, 0.4) is 0 Å². The van der Waals surface area contributed by atoms with Crippen molar-refractivity contribution >= 4 is 5.69 Å². The zero-order chi connectivity index (χ0) is 10.8. The second-order valence-corrected chi connectivity index (χ2v) is 4.56. The average Bonchev–Trinajstić information content (AvgIpc) is 2.06. The lowest BCUT2D eigenvalue weighted by molar-refractivity contribution is 0.412. The number of hydrogen-bond donors (Lipinski definition) is 1. The Labute approximate surface area is 86.3 Å². The molecule has 0 aliphatic rings. The van der Waals surface area contributed by atoms with E-state index in [2.05, 4.69) is 38.2 Å². The maximum absolute atomic E-state index is 5.26. The number of benzene rings is 1. The molecule has 14 heavy (non-hydrogen) atoms.